The predicted molar refractivity (Wildman–Crippen MR) is 226 cm³/mol. The fraction of sp³-hybridized carbons (Fsp3) is 0.422. The van der Waals surface area contributed by atoms with Gasteiger partial charge in [-0.25, -0.2) is 0 Å². The molecule has 4 aliphatic heterocycles. The lowest BCUT2D eigenvalue weighted by atomic mass is 9.76. The minimum Gasteiger partial charge on any atom is -0.457 e. The number of hydrogen-bond donors (Lipinski definition) is 0. The van der Waals surface area contributed by atoms with E-state index in [2.05, 4.69) is 212 Å². The normalized spacial score (nSPS) is 23.4. The Morgan fingerprint density at radius 3 is 1.19 bits per heavy atom. The topological polar surface area (TPSA) is 21.7 Å². The minimum atomic E-state index is -2.92. The highest BCUT2D eigenvalue weighted by Gasteiger charge is 2.75. The van der Waals surface area contributed by atoms with Crippen molar-refractivity contribution in [3.63, 3.8) is 0 Å². The van der Waals surface area contributed by atoms with Crippen LogP contribution in [0, 0.1) is 0 Å². The molecule has 0 unspecified atom stereocenters. The zero-order chi connectivity index (χ0) is 38.3. The third kappa shape index (κ3) is 4.83. The first-order valence-corrected chi connectivity index (χ1v) is 26.2. The van der Waals surface area contributed by atoms with Gasteiger partial charge in [-0.15, -0.1) is 0 Å². The monoisotopic (exact) mass is 754 g/mol. The summed E-state index contributed by atoms with van der Waals surface area (Å²) < 4.78 is 19.5. The fourth-order valence-electron chi connectivity index (χ4n) is 9.98. The van der Waals surface area contributed by atoms with Crippen molar-refractivity contribution >= 4 is 46.4 Å². The van der Waals surface area contributed by atoms with Crippen LogP contribution in [0.5, 0.6) is 11.5 Å². The van der Waals surface area contributed by atoms with Gasteiger partial charge in [-0.1, -0.05) is 86.6 Å². The van der Waals surface area contributed by atoms with Gasteiger partial charge in [-0.2, -0.15) is 8.55 Å². The molecule has 5 nitrogen and oxygen atoms in total. The predicted octanol–water partition coefficient (Wildman–Crippen LogP) is 7.87. The van der Waals surface area contributed by atoms with Gasteiger partial charge >= 0.3 is 15.8 Å². The van der Waals surface area contributed by atoms with Gasteiger partial charge in [0, 0.05) is 26.9 Å². The largest absolute Gasteiger partial charge is 0.457 e. The highest BCUT2D eigenvalue weighted by Crippen LogP contribution is 2.53. The molecule has 4 aromatic rings. The van der Waals surface area contributed by atoms with Gasteiger partial charge < -0.3 is 4.74 Å². The van der Waals surface area contributed by atoms with Crippen LogP contribution in [0.1, 0.15) is 119 Å². The van der Waals surface area contributed by atoms with E-state index in [1.807, 2.05) is 0 Å². The Kier molecular flexibility index (Phi) is 7.64. The van der Waals surface area contributed by atoms with Gasteiger partial charge in [-0.05, 0) is 107 Å². The van der Waals surface area contributed by atoms with Crippen LogP contribution in [0.2, 0.25) is 0 Å². The second-order valence-corrected chi connectivity index (χ2v) is 33.0. The molecule has 53 heavy (non-hydrogen) atoms. The van der Waals surface area contributed by atoms with Crippen LogP contribution in [0.3, 0.4) is 0 Å². The summed E-state index contributed by atoms with van der Waals surface area (Å²) in [5.74, 6) is 4.92. The Labute approximate surface area is 322 Å². The highest BCUT2D eigenvalue weighted by atomic mass is 29.6. The lowest BCUT2D eigenvalue weighted by Crippen LogP contribution is -2.99. The minimum absolute atomic E-state index is 0.159. The average molecular weight is 755 g/mol. The van der Waals surface area contributed by atoms with Crippen LogP contribution in [-0.2, 0) is 5.41 Å². The molecule has 2 bridgehead atoms. The number of para-hydroxylation sites is 2. The van der Waals surface area contributed by atoms with Crippen molar-refractivity contribution in [1.82, 2.24) is 9.13 Å². The molecule has 0 N–H and O–H groups in total. The van der Waals surface area contributed by atoms with E-state index in [9.17, 15) is 0 Å². The number of nitrogens with zero attached hydrogens (tertiary/aromatic N) is 4. The molecule has 0 saturated heterocycles. The van der Waals surface area contributed by atoms with Crippen molar-refractivity contribution in [3.8, 4) is 11.5 Å². The third-order valence-corrected chi connectivity index (χ3v) is 33.3. The summed E-state index contributed by atoms with van der Waals surface area (Å²) in [6, 6.07) is 36.7. The number of fused-ring (bicyclic) bond motifs is 2. The summed E-state index contributed by atoms with van der Waals surface area (Å²) in [5, 5.41) is 2.85. The summed E-state index contributed by atoms with van der Waals surface area (Å²) in [7, 11) is -5.21. The Bertz CT molecular complexity index is 2060. The molecule has 4 heterocycles. The second-order valence-electron chi connectivity index (χ2n) is 20.0. The van der Waals surface area contributed by atoms with E-state index in [-0.39, 0.29) is 27.6 Å². The van der Waals surface area contributed by atoms with E-state index in [1.165, 1.54) is 44.3 Å². The highest BCUT2D eigenvalue weighted by molar-refractivity contribution is 7.56. The number of amidine groups is 2. The molecule has 0 saturated carbocycles. The van der Waals surface area contributed by atoms with E-state index in [0.29, 0.717) is 8.55 Å². The van der Waals surface area contributed by atoms with Crippen LogP contribution < -0.4 is 15.1 Å². The molecular weight excluding hydrogens is 697 g/mol. The van der Waals surface area contributed by atoms with Crippen molar-refractivity contribution in [2.45, 2.75) is 125 Å². The van der Waals surface area contributed by atoms with Crippen LogP contribution in [-0.4, -0.2) is 75.8 Å². The lowest BCUT2D eigenvalue weighted by Gasteiger charge is -2.68. The lowest BCUT2D eigenvalue weighted by molar-refractivity contribution is -0.514. The van der Waals surface area contributed by atoms with E-state index < -0.39 is 15.8 Å². The Hall–Kier alpha value is -3.73. The van der Waals surface area contributed by atoms with E-state index >= 15 is 0 Å². The SMILES string of the molecule is CC1(C)c2cccc3c2Oc2c1cccc2[Si@]1([Si-][Si@@]32N(C(C)(C)C)C(c3ccccc3)=[N+]2C(C)(C)C)N(C(C)(C)C)C(c2ccccc2)=[N+]1C(C)(C)C. The summed E-state index contributed by atoms with van der Waals surface area (Å²) in [4.78, 5) is 0. The molecular formula is C45H58N4OSi3+. The summed E-state index contributed by atoms with van der Waals surface area (Å²) in [6.07, 6.45) is 0. The van der Waals surface area contributed by atoms with E-state index in [1.54, 1.807) is 0 Å². The fourth-order valence-corrected chi connectivity index (χ4v) is 40.9. The number of benzene rings is 4. The second kappa shape index (κ2) is 11.2. The van der Waals surface area contributed by atoms with Crippen LogP contribution in [0.25, 0.3) is 0 Å². The molecule has 0 aliphatic carbocycles. The average Bonchev–Trinajstić information content (AvgIpc) is 3.01. The van der Waals surface area contributed by atoms with Crippen molar-refractivity contribution < 1.29 is 13.2 Å². The maximum Gasteiger partial charge on any atom is 0.301 e. The zero-order valence-corrected chi connectivity index (χ0v) is 37.4. The molecule has 4 aliphatic rings. The van der Waals surface area contributed by atoms with E-state index in [0.717, 1.165) is 11.5 Å². The smallest absolute Gasteiger partial charge is 0.301 e. The summed E-state index contributed by atoms with van der Waals surface area (Å²) >= 11 is 0. The molecule has 2 atom stereocenters. The molecule has 275 valence electrons. The van der Waals surface area contributed by atoms with E-state index in [4.69, 9.17) is 4.74 Å². The number of ether oxygens (including phenoxy) is 1. The molecule has 2 spiro atoms. The first kappa shape index (κ1) is 36.3. The van der Waals surface area contributed by atoms with Gasteiger partial charge in [0.25, 0.3) is 11.7 Å². The maximum absolute atomic E-state index is 7.65. The first-order valence-electron chi connectivity index (χ1n) is 19.4. The number of rotatable bonds is 2. The summed E-state index contributed by atoms with van der Waals surface area (Å²) in [5.41, 5.74) is 4.31. The van der Waals surface area contributed by atoms with Crippen LogP contribution >= 0.6 is 0 Å². The third-order valence-electron chi connectivity index (χ3n) is 11.6. The number of hydrogen-bond acceptors (Lipinski definition) is 3. The quantitative estimate of drug-likeness (QED) is 0.195. The Morgan fingerprint density at radius 1 is 0.509 bits per heavy atom. The summed E-state index contributed by atoms with van der Waals surface area (Å²) in [6.45, 7) is 34.2. The Balaban J connectivity index is 1.62. The van der Waals surface area contributed by atoms with Crippen molar-refractivity contribution in [2.24, 2.45) is 0 Å². The van der Waals surface area contributed by atoms with Gasteiger partial charge in [-0.3, -0.25) is 17.6 Å². The molecule has 0 aromatic heterocycles. The van der Waals surface area contributed by atoms with Crippen molar-refractivity contribution in [2.75, 3.05) is 0 Å². The molecule has 8 heteroatoms. The maximum atomic E-state index is 7.65. The van der Waals surface area contributed by atoms with Crippen LogP contribution in [0.15, 0.2) is 97.1 Å². The standard InChI is InChI=1S/C45H58N4OSi3/c1-41(2,3)46-39(31-23-17-15-18-24-31)47(42(4,5)6)52(46)35-29-21-27-33-37(35)50-38-34(45(33,13)14)28-22-30-36(38)53(51-52)48(43(7,8)9)40(49(53)44(10,11)12)32-25-19-16-20-26-32/h15-30H,1-14H3/q+1. The van der Waals surface area contributed by atoms with Gasteiger partial charge in [0.2, 0.25) is 0 Å². The molecule has 8 rings (SSSR count). The Morgan fingerprint density at radius 2 is 0.868 bits per heavy atom. The van der Waals surface area contributed by atoms with Gasteiger partial charge in [0.1, 0.15) is 11.5 Å². The van der Waals surface area contributed by atoms with Crippen molar-refractivity contribution in [1.29, 1.82) is 0 Å². The van der Waals surface area contributed by atoms with Crippen molar-refractivity contribution in [3.05, 3.63) is 119 Å². The zero-order valence-electron chi connectivity index (χ0n) is 34.4. The van der Waals surface area contributed by atoms with Gasteiger partial charge in [0.15, 0.2) is 0 Å². The molecule has 0 fully saturated rings. The van der Waals surface area contributed by atoms with Crippen LogP contribution in [0.4, 0.5) is 0 Å². The van der Waals surface area contributed by atoms with Gasteiger partial charge in [0.05, 0.1) is 33.3 Å². The molecule has 4 aromatic carbocycles. The first-order chi connectivity index (χ1) is 24.6. The molecule has 0 amide bonds. The molecule has 1 radical (unpaired) electrons.